The largest absolute Gasteiger partial charge is 0.461 e. The van der Waals surface area contributed by atoms with Crippen LogP contribution in [0.1, 0.15) is 67.1 Å². The maximum Gasteiger partial charge on any atom is 0.313 e. The molecule has 1 aliphatic carbocycles. The van der Waals surface area contributed by atoms with Crippen molar-refractivity contribution >= 4 is 23.3 Å². The fourth-order valence-electron chi connectivity index (χ4n) is 4.99. The zero-order valence-corrected chi connectivity index (χ0v) is 21.8. The number of rotatable bonds is 5. The van der Waals surface area contributed by atoms with E-state index >= 15 is 0 Å². The highest BCUT2D eigenvalue weighted by Crippen LogP contribution is 2.49. The number of nitro groups is 1. The Morgan fingerprint density at radius 3 is 2.29 bits per heavy atom. The minimum atomic E-state index is -0.556. The molecule has 3 rings (SSSR count). The number of hydrogen-bond donors (Lipinski definition) is 1. The lowest BCUT2D eigenvalue weighted by atomic mass is 9.59. The molecule has 1 aromatic heterocycles. The van der Waals surface area contributed by atoms with Crippen molar-refractivity contribution in [1.82, 2.24) is 15.2 Å². The minimum absolute atomic E-state index is 0.00579. The summed E-state index contributed by atoms with van der Waals surface area (Å²) in [5.41, 5.74) is 0.226. The van der Waals surface area contributed by atoms with Gasteiger partial charge in [0.25, 0.3) is 5.69 Å². The molecular formula is C25H35ClN4O4. The maximum atomic E-state index is 13.0. The van der Waals surface area contributed by atoms with Crippen molar-refractivity contribution < 1.29 is 14.5 Å². The summed E-state index contributed by atoms with van der Waals surface area (Å²) in [7, 11) is 0. The zero-order valence-electron chi connectivity index (χ0n) is 21.0. The first-order chi connectivity index (χ1) is 15.7. The molecular weight excluding hydrogens is 456 g/mol. The van der Waals surface area contributed by atoms with Crippen LogP contribution in [0.4, 0.5) is 5.69 Å². The number of nitrogens with zero attached hydrogens (tertiary/aromatic N) is 3. The van der Waals surface area contributed by atoms with Gasteiger partial charge in [-0.2, -0.15) is 5.10 Å². The van der Waals surface area contributed by atoms with Gasteiger partial charge in [-0.1, -0.05) is 60.1 Å². The number of benzene rings is 1. The molecule has 1 aliphatic rings. The van der Waals surface area contributed by atoms with Crippen LogP contribution in [0.5, 0.6) is 0 Å². The van der Waals surface area contributed by atoms with Gasteiger partial charge in [0.1, 0.15) is 23.4 Å². The van der Waals surface area contributed by atoms with E-state index in [1.807, 2.05) is 0 Å². The van der Waals surface area contributed by atoms with Gasteiger partial charge in [0, 0.05) is 23.5 Å². The summed E-state index contributed by atoms with van der Waals surface area (Å²) in [6.45, 7) is 15.6. The molecule has 1 N–H and O–H groups in total. The van der Waals surface area contributed by atoms with Crippen LogP contribution in [0.3, 0.4) is 0 Å². The molecule has 9 heteroatoms. The van der Waals surface area contributed by atoms with Crippen LogP contribution in [0.15, 0.2) is 18.2 Å². The second-order valence-electron chi connectivity index (χ2n) is 11.7. The van der Waals surface area contributed by atoms with Crippen LogP contribution in [0, 0.1) is 38.7 Å². The summed E-state index contributed by atoms with van der Waals surface area (Å²) >= 11 is 5.89. The minimum Gasteiger partial charge on any atom is -0.461 e. The van der Waals surface area contributed by atoms with Crippen LogP contribution in [0.2, 0.25) is 5.02 Å². The lowest BCUT2D eigenvalue weighted by molar-refractivity contribution is -0.384. The lowest BCUT2D eigenvalue weighted by Gasteiger charge is -2.50. The average Bonchev–Trinajstić information content (AvgIpc) is 3.15. The molecule has 1 heterocycles. The Labute approximate surface area is 206 Å². The van der Waals surface area contributed by atoms with Crippen LogP contribution in [-0.2, 0) is 16.0 Å². The van der Waals surface area contributed by atoms with E-state index in [4.69, 9.17) is 16.3 Å². The summed E-state index contributed by atoms with van der Waals surface area (Å²) in [5, 5.41) is 18.1. The van der Waals surface area contributed by atoms with E-state index in [1.165, 1.54) is 12.1 Å². The topological polar surface area (TPSA) is 111 Å². The van der Waals surface area contributed by atoms with E-state index < -0.39 is 4.92 Å². The van der Waals surface area contributed by atoms with Crippen molar-refractivity contribution in [2.75, 3.05) is 0 Å². The zero-order chi connectivity index (χ0) is 25.4. The fraction of sp³-hybridized carbons (Fsp3) is 0.640. The van der Waals surface area contributed by atoms with Crippen molar-refractivity contribution in [1.29, 1.82) is 0 Å². The van der Waals surface area contributed by atoms with Gasteiger partial charge < -0.3 is 4.74 Å². The van der Waals surface area contributed by atoms with Gasteiger partial charge in [-0.05, 0) is 41.7 Å². The molecule has 1 fully saturated rings. The standard InChI is InChI=1S/C25H35ClN4O4/c1-14-10-16(24(2,3)4)22(17(11-14)25(5,6)7)34-21(31)13-20-27-23(29-28-20)15-8-9-18(26)19(12-15)30(32)33/h8-9,12,14,16-17,22H,10-11,13H2,1-7H3,(H,27,28,29). The van der Waals surface area contributed by atoms with E-state index in [0.717, 1.165) is 12.8 Å². The number of nitrogens with one attached hydrogen (secondary N) is 1. The summed E-state index contributed by atoms with van der Waals surface area (Å²) in [6, 6.07) is 4.35. The number of halogens is 1. The predicted molar refractivity (Wildman–Crippen MR) is 131 cm³/mol. The number of H-pyrrole nitrogens is 1. The molecule has 186 valence electrons. The summed E-state index contributed by atoms with van der Waals surface area (Å²) in [4.78, 5) is 28.0. The molecule has 0 radical (unpaired) electrons. The Bertz CT molecular complexity index is 1030. The molecule has 2 aromatic rings. The molecule has 0 amide bonds. The van der Waals surface area contributed by atoms with E-state index in [0.29, 0.717) is 17.3 Å². The Hall–Kier alpha value is -2.48. The van der Waals surface area contributed by atoms with Gasteiger partial charge in [0.15, 0.2) is 5.82 Å². The number of aromatic amines is 1. The molecule has 8 nitrogen and oxygen atoms in total. The van der Waals surface area contributed by atoms with Gasteiger partial charge >= 0.3 is 5.97 Å². The average molecular weight is 491 g/mol. The summed E-state index contributed by atoms with van der Waals surface area (Å²) < 4.78 is 6.17. The SMILES string of the molecule is CC1CC(C(C)(C)C)C(OC(=O)Cc2nc(-c3ccc(Cl)c([N+](=O)[O-])c3)n[nH]2)C(C(C)(C)C)C1. The maximum absolute atomic E-state index is 13.0. The van der Waals surface area contributed by atoms with Crippen LogP contribution in [-0.4, -0.2) is 32.2 Å². The van der Waals surface area contributed by atoms with E-state index in [9.17, 15) is 14.9 Å². The quantitative estimate of drug-likeness (QED) is 0.301. The van der Waals surface area contributed by atoms with E-state index in [1.54, 1.807) is 6.07 Å². The molecule has 0 bridgehead atoms. The number of ether oxygens (including phenoxy) is 1. The first-order valence-corrected chi connectivity index (χ1v) is 12.1. The van der Waals surface area contributed by atoms with Crippen LogP contribution >= 0.6 is 11.6 Å². The smallest absolute Gasteiger partial charge is 0.313 e. The third-order valence-corrected chi connectivity index (χ3v) is 7.16. The predicted octanol–water partition coefficient (Wildman–Crippen LogP) is 6.24. The fourth-order valence-corrected chi connectivity index (χ4v) is 5.18. The second-order valence-corrected chi connectivity index (χ2v) is 12.1. The molecule has 2 atom stereocenters. The Morgan fingerprint density at radius 1 is 1.18 bits per heavy atom. The highest BCUT2D eigenvalue weighted by atomic mass is 35.5. The van der Waals surface area contributed by atoms with Crippen molar-refractivity contribution in [2.24, 2.45) is 28.6 Å². The Kier molecular flexibility index (Phi) is 7.41. The lowest BCUT2D eigenvalue weighted by Crippen LogP contribution is -2.49. The van der Waals surface area contributed by atoms with E-state index in [2.05, 4.69) is 63.6 Å². The van der Waals surface area contributed by atoms with Crippen LogP contribution < -0.4 is 0 Å². The molecule has 34 heavy (non-hydrogen) atoms. The van der Waals surface area contributed by atoms with Crippen molar-refractivity contribution in [2.45, 2.75) is 73.8 Å². The van der Waals surface area contributed by atoms with Crippen molar-refractivity contribution in [3.8, 4) is 11.4 Å². The van der Waals surface area contributed by atoms with Crippen molar-refractivity contribution in [3.63, 3.8) is 0 Å². The monoisotopic (exact) mass is 490 g/mol. The third-order valence-electron chi connectivity index (χ3n) is 6.84. The number of carbonyl (C=O) groups excluding carboxylic acids is 1. The molecule has 1 saturated carbocycles. The molecule has 0 spiro atoms. The van der Waals surface area contributed by atoms with Gasteiger partial charge in [-0.3, -0.25) is 20.0 Å². The first-order valence-electron chi connectivity index (χ1n) is 11.7. The molecule has 1 aromatic carbocycles. The van der Waals surface area contributed by atoms with Crippen LogP contribution in [0.25, 0.3) is 11.4 Å². The normalized spacial score (nSPS) is 23.5. The first kappa shape index (κ1) is 26.1. The third kappa shape index (κ3) is 5.95. The highest BCUT2D eigenvalue weighted by molar-refractivity contribution is 6.32. The van der Waals surface area contributed by atoms with Gasteiger partial charge in [0.2, 0.25) is 0 Å². The number of esters is 1. The number of aromatic nitrogens is 3. The van der Waals surface area contributed by atoms with E-state index in [-0.39, 0.29) is 57.7 Å². The van der Waals surface area contributed by atoms with Crippen molar-refractivity contribution in [3.05, 3.63) is 39.2 Å². The summed E-state index contributed by atoms with van der Waals surface area (Å²) in [6.07, 6.45) is 1.82. The molecule has 2 unspecified atom stereocenters. The number of carbonyl (C=O) groups is 1. The van der Waals surface area contributed by atoms with Gasteiger partial charge in [0.05, 0.1) is 4.92 Å². The van der Waals surface area contributed by atoms with Gasteiger partial charge in [-0.25, -0.2) is 4.98 Å². The highest BCUT2D eigenvalue weighted by Gasteiger charge is 2.47. The Morgan fingerprint density at radius 2 is 1.76 bits per heavy atom. The summed E-state index contributed by atoms with van der Waals surface area (Å²) in [5.74, 6) is 1.33. The molecule has 0 aliphatic heterocycles. The second kappa shape index (κ2) is 9.64. The number of nitro benzene ring substituents is 1. The number of hydrogen-bond acceptors (Lipinski definition) is 6. The molecule has 0 saturated heterocycles. The van der Waals surface area contributed by atoms with Gasteiger partial charge in [-0.15, -0.1) is 0 Å². The Balaban J connectivity index is 1.78.